The molecule has 5 nitrogen and oxygen atoms in total. The minimum absolute atomic E-state index is 0.139. The third-order valence-corrected chi connectivity index (χ3v) is 4.79. The van der Waals surface area contributed by atoms with Crippen LogP contribution in [0.1, 0.15) is 5.56 Å². The van der Waals surface area contributed by atoms with Crippen molar-refractivity contribution in [2.45, 2.75) is 11.8 Å². The number of anilines is 1. The molecule has 0 aliphatic heterocycles. The second kappa shape index (κ2) is 6.46. The number of aryl methyl sites for hydroxylation is 1. The van der Waals surface area contributed by atoms with Gasteiger partial charge in [0, 0.05) is 0 Å². The highest BCUT2D eigenvalue weighted by atomic mass is 35.5. The van der Waals surface area contributed by atoms with Crippen LogP contribution in [-0.2, 0) is 10.0 Å². The van der Waals surface area contributed by atoms with Crippen LogP contribution in [0.25, 0.3) is 0 Å². The summed E-state index contributed by atoms with van der Waals surface area (Å²) in [5.74, 6) is 1.08. The fourth-order valence-corrected chi connectivity index (χ4v) is 3.24. The molecular weight excluding hydrogens is 326 g/mol. The summed E-state index contributed by atoms with van der Waals surface area (Å²) < 4.78 is 37.4. The molecule has 0 aromatic heterocycles. The van der Waals surface area contributed by atoms with Gasteiger partial charge in [0.1, 0.15) is 11.5 Å². The van der Waals surface area contributed by atoms with Crippen molar-refractivity contribution in [3.63, 3.8) is 0 Å². The summed E-state index contributed by atoms with van der Waals surface area (Å²) in [5, 5.41) is 0.334. The van der Waals surface area contributed by atoms with E-state index in [-0.39, 0.29) is 4.90 Å². The van der Waals surface area contributed by atoms with E-state index in [0.29, 0.717) is 27.8 Å². The summed E-state index contributed by atoms with van der Waals surface area (Å²) >= 11 is 6.04. The third kappa shape index (κ3) is 3.45. The number of hydrogen-bond acceptors (Lipinski definition) is 4. The van der Waals surface area contributed by atoms with Gasteiger partial charge in [-0.1, -0.05) is 11.6 Å². The zero-order valence-corrected chi connectivity index (χ0v) is 14.0. The van der Waals surface area contributed by atoms with Crippen LogP contribution in [0.15, 0.2) is 41.3 Å². The normalized spacial score (nSPS) is 11.1. The standard InChI is InChI=1S/C15H16ClNO4S/c1-10-8-15(21-3)13(16)9-14(10)17-22(18,19)12-6-4-11(20-2)5-7-12/h4-9,17H,1-3H3. The van der Waals surface area contributed by atoms with Crippen LogP contribution >= 0.6 is 11.6 Å². The van der Waals surface area contributed by atoms with E-state index in [4.69, 9.17) is 21.1 Å². The molecule has 0 aliphatic rings. The zero-order valence-electron chi connectivity index (χ0n) is 12.4. The first kappa shape index (κ1) is 16.5. The molecule has 22 heavy (non-hydrogen) atoms. The maximum Gasteiger partial charge on any atom is 0.261 e. The molecule has 2 aromatic rings. The third-order valence-electron chi connectivity index (χ3n) is 3.11. The van der Waals surface area contributed by atoms with E-state index in [2.05, 4.69) is 4.72 Å². The Balaban J connectivity index is 2.34. The summed E-state index contributed by atoms with van der Waals surface area (Å²) in [7, 11) is -0.682. The molecule has 0 aliphatic carbocycles. The summed E-state index contributed by atoms with van der Waals surface area (Å²) in [6.07, 6.45) is 0. The van der Waals surface area contributed by atoms with Crippen LogP contribution in [0.5, 0.6) is 11.5 Å². The molecule has 0 amide bonds. The first-order chi connectivity index (χ1) is 10.4. The lowest BCUT2D eigenvalue weighted by atomic mass is 10.2. The van der Waals surface area contributed by atoms with Crippen molar-refractivity contribution in [1.29, 1.82) is 0 Å². The number of nitrogens with one attached hydrogen (secondary N) is 1. The quantitative estimate of drug-likeness (QED) is 0.904. The minimum Gasteiger partial charge on any atom is -0.497 e. The maximum atomic E-state index is 12.4. The van der Waals surface area contributed by atoms with Gasteiger partial charge < -0.3 is 9.47 Å². The van der Waals surface area contributed by atoms with E-state index in [9.17, 15) is 8.42 Å². The minimum atomic E-state index is -3.70. The SMILES string of the molecule is COc1ccc(S(=O)(=O)Nc2cc(Cl)c(OC)cc2C)cc1. The van der Waals surface area contributed by atoms with E-state index < -0.39 is 10.0 Å². The van der Waals surface area contributed by atoms with Crippen LogP contribution in [0.2, 0.25) is 5.02 Å². The lowest BCUT2D eigenvalue weighted by Gasteiger charge is -2.13. The molecule has 0 saturated heterocycles. The van der Waals surface area contributed by atoms with E-state index in [0.717, 1.165) is 0 Å². The largest absolute Gasteiger partial charge is 0.497 e. The van der Waals surface area contributed by atoms with Crippen molar-refractivity contribution in [1.82, 2.24) is 0 Å². The van der Waals surface area contributed by atoms with Gasteiger partial charge in [0.25, 0.3) is 10.0 Å². The summed E-state index contributed by atoms with van der Waals surface area (Å²) in [4.78, 5) is 0.139. The molecular formula is C15H16ClNO4S. The fourth-order valence-electron chi connectivity index (χ4n) is 1.88. The first-order valence-electron chi connectivity index (χ1n) is 6.38. The molecule has 118 valence electrons. The summed E-state index contributed by atoms with van der Waals surface area (Å²) in [6.45, 7) is 1.77. The highest BCUT2D eigenvalue weighted by Crippen LogP contribution is 2.31. The smallest absolute Gasteiger partial charge is 0.261 e. The van der Waals surface area contributed by atoms with Gasteiger partial charge in [-0.15, -0.1) is 0 Å². The van der Waals surface area contributed by atoms with Gasteiger partial charge in [0.05, 0.1) is 29.8 Å². The highest BCUT2D eigenvalue weighted by Gasteiger charge is 2.16. The summed E-state index contributed by atoms with van der Waals surface area (Å²) in [5.41, 5.74) is 1.11. The maximum absolute atomic E-state index is 12.4. The van der Waals surface area contributed by atoms with Crippen LogP contribution in [0, 0.1) is 6.92 Å². The molecule has 2 rings (SSSR count). The van der Waals surface area contributed by atoms with Crippen molar-refractivity contribution in [2.75, 3.05) is 18.9 Å². The second-order valence-corrected chi connectivity index (χ2v) is 6.67. The molecule has 1 N–H and O–H groups in total. The van der Waals surface area contributed by atoms with Crippen LogP contribution < -0.4 is 14.2 Å². The predicted molar refractivity (Wildman–Crippen MR) is 86.5 cm³/mol. The topological polar surface area (TPSA) is 64.6 Å². The Kier molecular flexibility index (Phi) is 4.83. The van der Waals surface area contributed by atoms with Crippen LogP contribution in [-0.4, -0.2) is 22.6 Å². The van der Waals surface area contributed by atoms with Gasteiger partial charge >= 0.3 is 0 Å². The van der Waals surface area contributed by atoms with Crippen LogP contribution in [0.4, 0.5) is 5.69 Å². The molecule has 0 radical (unpaired) electrons. The van der Waals surface area contributed by atoms with Crippen molar-refractivity contribution in [3.05, 3.63) is 47.0 Å². The number of benzene rings is 2. The first-order valence-corrected chi connectivity index (χ1v) is 8.24. The van der Waals surface area contributed by atoms with Gasteiger partial charge in [-0.05, 0) is 48.9 Å². The Morgan fingerprint density at radius 1 is 1.05 bits per heavy atom. The lowest BCUT2D eigenvalue weighted by Crippen LogP contribution is -2.13. The van der Waals surface area contributed by atoms with Gasteiger partial charge in [-0.2, -0.15) is 0 Å². The number of ether oxygens (including phenoxy) is 2. The van der Waals surface area contributed by atoms with Crippen LogP contribution in [0.3, 0.4) is 0 Å². The van der Waals surface area contributed by atoms with Crippen molar-refractivity contribution >= 4 is 27.3 Å². The number of hydrogen-bond donors (Lipinski definition) is 1. The fraction of sp³-hybridized carbons (Fsp3) is 0.200. The average Bonchev–Trinajstić information content (AvgIpc) is 2.50. The Morgan fingerprint density at radius 3 is 2.23 bits per heavy atom. The molecule has 0 heterocycles. The molecule has 0 spiro atoms. The monoisotopic (exact) mass is 341 g/mol. The van der Waals surface area contributed by atoms with Crippen molar-refractivity contribution < 1.29 is 17.9 Å². The van der Waals surface area contributed by atoms with Gasteiger partial charge in [0.15, 0.2) is 0 Å². The number of methoxy groups -OCH3 is 2. The molecule has 0 unspecified atom stereocenters. The zero-order chi connectivity index (χ0) is 16.3. The van der Waals surface area contributed by atoms with E-state index in [1.165, 1.54) is 32.4 Å². The molecule has 7 heteroatoms. The van der Waals surface area contributed by atoms with Gasteiger partial charge in [-0.3, -0.25) is 4.72 Å². The number of halogens is 1. The van der Waals surface area contributed by atoms with E-state index in [1.807, 2.05) is 0 Å². The Labute approximate surface area is 134 Å². The van der Waals surface area contributed by atoms with Crippen molar-refractivity contribution in [3.8, 4) is 11.5 Å². The highest BCUT2D eigenvalue weighted by molar-refractivity contribution is 7.92. The Hall–Kier alpha value is -1.92. The molecule has 0 atom stereocenters. The Morgan fingerprint density at radius 2 is 1.68 bits per heavy atom. The average molecular weight is 342 g/mol. The molecule has 2 aromatic carbocycles. The Bertz CT molecular complexity index is 773. The van der Waals surface area contributed by atoms with Gasteiger partial charge in [-0.25, -0.2) is 8.42 Å². The molecule has 0 bridgehead atoms. The van der Waals surface area contributed by atoms with E-state index in [1.54, 1.807) is 25.1 Å². The number of rotatable bonds is 5. The van der Waals surface area contributed by atoms with E-state index >= 15 is 0 Å². The second-order valence-electron chi connectivity index (χ2n) is 4.58. The van der Waals surface area contributed by atoms with Crippen molar-refractivity contribution in [2.24, 2.45) is 0 Å². The lowest BCUT2D eigenvalue weighted by molar-refractivity contribution is 0.414. The summed E-state index contributed by atoms with van der Waals surface area (Å²) in [6, 6.07) is 9.32. The number of sulfonamides is 1. The molecule has 0 fully saturated rings. The predicted octanol–water partition coefficient (Wildman–Crippen LogP) is 3.47. The molecule has 0 saturated carbocycles. The van der Waals surface area contributed by atoms with Gasteiger partial charge in [0.2, 0.25) is 0 Å².